The fraction of sp³-hybridized carbons (Fsp3) is 1.00. The summed E-state index contributed by atoms with van der Waals surface area (Å²) in [6, 6.07) is 0.748. The maximum atomic E-state index is 5.55. The molecule has 1 unspecified atom stereocenters. The van der Waals surface area contributed by atoms with Gasteiger partial charge in [0.05, 0.1) is 0 Å². The first-order valence-electron chi connectivity index (χ1n) is 7.19. The summed E-state index contributed by atoms with van der Waals surface area (Å²) in [7, 11) is 0. The summed E-state index contributed by atoms with van der Waals surface area (Å²) < 4.78 is 5.55. The number of rotatable bonds is 9. The van der Waals surface area contributed by atoms with Gasteiger partial charge in [0.1, 0.15) is 0 Å². The molecule has 1 aliphatic carbocycles. The van der Waals surface area contributed by atoms with E-state index >= 15 is 0 Å². The van der Waals surface area contributed by atoms with Crippen LogP contribution in [0.15, 0.2) is 0 Å². The van der Waals surface area contributed by atoms with Crippen molar-refractivity contribution in [2.24, 2.45) is 5.92 Å². The average Bonchev–Trinajstić information content (AvgIpc) is 2.81. The van der Waals surface area contributed by atoms with Gasteiger partial charge in [-0.2, -0.15) is 0 Å². The van der Waals surface area contributed by atoms with E-state index in [0.717, 1.165) is 38.1 Å². The minimum Gasteiger partial charge on any atom is -0.381 e. The Hall–Kier alpha value is -0.0800. The van der Waals surface area contributed by atoms with Gasteiger partial charge in [-0.1, -0.05) is 26.7 Å². The Labute approximate surface area is 101 Å². The van der Waals surface area contributed by atoms with Crippen LogP contribution in [0.2, 0.25) is 0 Å². The molecule has 0 bridgehead atoms. The third-order valence-corrected chi connectivity index (χ3v) is 3.59. The molecule has 16 heavy (non-hydrogen) atoms. The number of hydrogen-bond acceptors (Lipinski definition) is 2. The molecule has 0 aliphatic heterocycles. The van der Waals surface area contributed by atoms with Gasteiger partial charge in [-0.25, -0.2) is 0 Å². The van der Waals surface area contributed by atoms with Crippen LogP contribution < -0.4 is 5.32 Å². The van der Waals surface area contributed by atoms with E-state index < -0.39 is 0 Å². The zero-order valence-electron chi connectivity index (χ0n) is 11.1. The van der Waals surface area contributed by atoms with Crippen molar-refractivity contribution in [3.05, 3.63) is 0 Å². The topological polar surface area (TPSA) is 21.3 Å². The van der Waals surface area contributed by atoms with Gasteiger partial charge < -0.3 is 10.1 Å². The lowest BCUT2D eigenvalue weighted by Gasteiger charge is -2.24. The fourth-order valence-corrected chi connectivity index (χ4v) is 2.78. The monoisotopic (exact) mass is 227 g/mol. The molecular weight excluding hydrogens is 198 g/mol. The Morgan fingerprint density at radius 1 is 1.19 bits per heavy atom. The van der Waals surface area contributed by atoms with E-state index in [-0.39, 0.29) is 0 Å². The van der Waals surface area contributed by atoms with Gasteiger partial charge >= 0.3 is 0 Å². The van der Waals surface area contributed by atoms with Crippen LogP contribution in [0.4, 0.5) is 0 Å². The molecule has 0 spiro atoms. The molecule has 0 amide bonds. The van der Waals surface area contributed by atoms with Gasteiger partial charge in [-0.05, 0) is 44.6 Å². The van der Waals surface area contributed by atoms with Crippen LogP contribution >= 0.6 is 0 Å². The predicted octanol–water partition coefficient (Wildman–Crippen LogP) is 3.36. The maximum Gasteiger partial charge on any atom is 0.0466 e. The van der Waals surface area contributed by atoms with Crippen molar-refractivity contribution in [1.82, 2.24) is 5.32 Å². The van der Waals surface area contributed by atoms with Crippen LogP contribution in [0.1, 0.15) is 58.8 Å². The highest BCUT2D eigenvalue weighted by Gasteiger charge is 2.23. The quantitative estimate of drug-likeness (QED) is 0.610. The predicted molar refractivity (Wildman–Crippen MR) is 69.8 cm³/mol. The van der Waals surface area contributed by atoms with Crippen molar-refractivity contribution in [2.45, 2.75) is 64.8 Å². The highest BCUT2D eigenvalue weighted by molar-refractivity contribution is 4.80. The maximum absolute atomic E-state index is 5.55. The Bertz CT molecular complexity index is 155. The van der Waals surface area contributed by atoms with Gasteiger partial charge in [-0.15, -0.1) is 0 Å². The van der Waals surface area contributed by atoms with Crippen LogP contribution in [0.3, 0.4) is 0 Å². The fourth-order valence-electron chi connectivity index (χ4n) is 2.78. The third kappa shape index (κ3) is 5.31. The summed E-state index contributed by atoms with van der Waals surface area (Å²) >= 11 is 0. The number of ether oxygens (including phenoxy) is 1. The Morgan fingerprint density at radius 3 is 2.56 bits per heavy atom. The number of nitrogens with one attached hydrogen (secondary N) is 1. The number of hydrogen-bond donors (Lipinski definition) is 1. The van der Waals surface area contributed by atoms with E-state index in [1.54, 1.807) is 0 Å². The zero-order valence-corrected chi connectivity index (χ0v) is 11.1. The summed E-state index contributed by atoms with van der Waals surface area (Å²) in [6.45, 7) is 7.37. The van der Waals surface area contributed by atoms with Crippen molar-refractivity contribution in [3.8, 4) is 0 Å². The molecule has 1 N–H and O–H groups in total. The van der Waals surface area contributed by atoms with Gasteiger partial charge in [0.2, 0.25) is 0 Å². The first kappa shape index (κ1) is 14.0. The highest BCUT2D eigenvalue weighted by atomic mass is 16.5. The van der Waals surface area contributed by atoms with E-state index in [0.29, 0.717) is 0 Å². The summed E-state index contributed by atoms with van der Waals surface area (Å²) in [4.78, 5) is 0. The molecule has 0 radical (unpaired) electrons. The normalized spacial score (nSPS) is 19.1. The van der Waals surface area contributed by atoms with Crippen LogP contribution in [0.5, 0.6) is 0 Å². The van der Waals surface area contributed by atoms with Crippen molar-refractivity contribution < 1.29 is 4.74 Å². The van der Waals surface area contributed by atoms with Crippen molar-refractivity contribution >= 4 is 0 Å². The molecule has 0 heterocycles. The molecule has 1 aliphatic rings. The smallest absolute Gasteiger partial charge is 0.0466 e. The molecule has 1 rings (SSSR count). The van der Waals surface area contributed by atoms with Gasteiger partial charge in [-0.3, -0.25) is 0 Å². The molecule has 96 valence electrons. The first-order chi connectivity index (χ1) is 7.88. The Kier molecular flexibility index (Phi) is 7.87. The Morgan fingerprint density at radius 2 is 1.94 bits per heavy atom. The van der Waals surface area contributed by atoms with E-state index in [2.05, 4.69) is 19.2 Å². The molecule has 1 saturated carbocycles. The van der Waals surface area contributed by atoms with Crippen molar-refractivity contribution in [1.29, 1.82) is 0 Å². The lowest BCUT2D eigenvalue weighted by atomic mass is 9.94. The van der Waals surface area contributed by atoms with Crippen molar-refractivity contribution in [3.63, 3.8) is 0 Å². The van der Waals surface area contributed by atoms with E-state index in [9.17, 15) is 0 Å². The highest BCUT2D eigenvalue weighted by Crippen LogP contribution is 2.29. The summed E-state index contributed by atoms with van der Waals surface area (Å²) in [6.07, 6.45) is 9.41. The largest absolute Gasteiger partial charge is 0.381 e. The van der Waals surface area contributed by atoms with Crippen LogP contribution in [-0.2, 0) is 4.74 Å². The van der Waals surface area contributed by atoms with Crippen molar-refractivity contribution in [2.75, 3.05) is 19.8 Å². The average molecular weight is 227 g/mol. The summed E-state index contributed by atoms with van der Waals surface area (Å²) in [5.41, 5.74) is 0. The molecule has 0 aromatic heterocycles. The second kappa shape index (κ2) is 9.00. The summed E-state index contributed by atoms with van der Waals surface area (Å²) in [5.74, 6) is 0.936. The molecule has 2 nitrogen and oxygen atoms in total. The molecule has 2 heteroatoms. The van der Waals surface area contributed by atoms with E-state index in [4.69, 9.17) is 4.74 Å². The Balaban J connectivity index is 2.12. The zero-order chi connectivity index (χ0) is 11.6. The first-order valence-corrected chi connectivity index (χ1v) is 7.19. The molecule has 1 atom stereocenters. The van der Waals surface area contributed by atoms with Gasteiger partial charge in [0, 0.05) is 19.3 Å². The summed E-state index contributed by atoms with van der Waals surface area (Å²) in [5, 5.41) is 3.66. The van der Waals surface area contributed by atoms with Gasteiger partial charge in [0.15, 0.2) is 0 Å². The third-order valence-electron chi connectivity index (χ3n) is 3.59. The minimum atomic E-state index is 0.748. The lowest BCUT2D eigenvalue weighted by Crippen LogP contribution is -2.35. The molecular formula is C14H29NO. The van der Waals surface area contributed by atoms with Crippen LogP contribution in [-0.4, -0.2) is 25.8 Å². The van der Waals surface area contributed by atoms with Gasteiger partial charge in [0.25, 0.3) is 0 Å². The van der Waals surface area contributed by atoms with E-state index in [1.165, 1.54) is 38.5 Å². The standard InChI is InChI=1S/C14H29NO/c1-3-11-16-12-7-10-14(15-4-2)13-8-5-6-9-13/h13-15H,3-12H2,1-2H3. The van der Waals surface area contributed by atoms with Crippen LogP contribution in [0.25, 0.3) is 0 Å². The SMILES string of the molecule is CCCOCCCC(NCC)C1CCCC1. The second-order valence-electron chi connectivity index (χ2n) is 4.96. The molecule has 1 fully saturated rings. The lowest BCUT2D eigenvalue weighted by molar-refractivity contribution is 0.126. The second-order valence-corrected chi connectivity index (χ2v) is 4.96. The minimum absolute atomic E-state index is 0.748. The molecule has 0 aromatic carbocycles. The van der Waals surface area contributed by atoms with Crippen LogP contribution in [0, 0.1) is 5.92 Å². The van der Waals surface area contributed by atoms with E-state index in [1.807, 2.05) is 0 Å². The molecule has 0 saturated heterocycles. The molecule has 0 aromatic rings.